The second kappa shape index (κ2) is 6.72. The molecule has 13 heteroatoms. The van der Waals surface area contributed by atoms with Crippen molar-refractivity contribution >= 4 is 46.4 Å². The highest BCUT2D eigenvalue weighted by Crippen LogP contribution is 2.52. The predicted molar refractivity (Wildman–Crippen MR) is 119 cm³/mol. The molecule has 4 fully saturated rings. The number of hydrogen-bond donors (Lipinski definition) is 2. The maximum Gasteiger partial charge on any atom is 0.416 e. The Balaban J connectivity index is 1.45. The maximum absolute atomic E-state index is 16.2. The van der Waals surface area contributed by atoms with E-state index in [0.29, 0.717) is 5.56 Å². The number of benzene rings is 1. The van der Waals surface area contributed by atoms with Crippen molar-refractivity contribution < 1.29 is 37.6 Å². The van der Waals surface area contributed by atoms with E-state index in [-0.39, 0.29) is 48.2 Å². The molecule has 1 aliphatic carbocycles. The van der Waals surface area contributed by atoms with Gasteiger partial charge in [0.15, 0.2) is 17.1 Å². The van der Waals surface area contributed by atoms with E-state index in [9.17, 15) is 19.2 Å². The Morgan fingerprint density at radius 1 is 1.14 bits per heavy atom. The number of barbiturate groups is 1. The van der Waals surface area contributed by atoms with Crippen LogP contribution >= 0.6 is 0 Å². The van der Waals surface area contributed by atoms with Crippen molar-refractivity contribution in [3.05, 3.63) is 17.4 Å². The number of aromatic nitrogens is 1. The number of imide groups is 2. The SMILES string of the molecule is C[C@@H]1CN2c3c(cc4c(N5C(=O)OCC56CC6)noc4c3F)CC3(C(=O)NC(=O)NC3=O)[C@H]2[C@H](C)O1. The number of urea groups is 1. The van der Waals surface area contributed by atoms with E-state index in [4.69, 9.17) is 14.0 Å². The van der Waals surface area contributed by atoms with Gasteiger partial charge in [-0.3, -0.25) is 20.2 Å². The fourth-order valence-corrected chi connectivity index (χ4v) is 6.44. The summed E-state index contributed by atoms with van der Waals surface area (Å²) >= 11 is 0. The van der Waals surface area contributed by atoms with Gasteiger partial charge in [-0.05, 0) is 38.3 Å². The van der Waals surface area contributed by atoms with Gasteiger partial charge in [-0.2, -0.15) is 0 Å². The standard InChI is InChI=1S/C23H22FN5O7/c1-9-7-28-14-11(6-23(16(28)10(2)35-9)18(30)25-20(32)26-19(23)31)5-12-15(13(14)24)36-27-17(12)29-21(33)34-8-22(29)3-4-22/h5,9-10,16H,3-4,6-8H2,1-2H3,(H2,25,26,30,31,32)/t9-,10+,16-/m1/s1. The van der Waals surface area contributed by atoms with Crippen LogP contribution in [-0.2, 0) is 25.5 Å². The number of rotatable bonds is 1. The summed E-state index contributed by atoms with van der Waals surface area (Å²) < 4.78 is 32.8. The lowest BCUT2D eigenvalue weighted by atomic mass is 9.66. The normalized spacial score (nSPS) is 29.8. The van der Waals surface area contributed by atoms with E-state index in [0.717, 1.165) is 12.8 Å². The Hall–Kier alpha value is -3.74. The van der Waals surface area contributed by atoms with Gasteiger partial charge in [0.1, 0.15) is 6.61 Å². The summed E-state index contributed by atoms with van der Waals surface area (Å²) in [4.78, 5) is 54.1. The number of ether oxygens (including phenoxy) is 2. The summed E-state index contributed by atoms with van der Waals surface area (Å²) in [6, 6.07) is -0.177. The average Bonchev–Trinajstić information content (AvgIpc) is 3.36. The van der Waals surface area contributed by atoms with Crippen molar-refractivity contribution in [2.45, 2.75) is 56.9 Å². The lowest BCUT2D eigenvalue weighted by Gasteiger charge is -2.55. The minimum atomic E-state index is -1.75. The van der Waals surface area contributed by atoms with Crippen molar-refractivity contribution in [3.63, 3.8) is 0 Å². The summed E-state index contributed by atoms with van der Waals surface area (Å²) in [6.45, 7) is 3.95. The lowest BCUT2D eigenvalue weighted by molar-refractivity contribution is -0.153. The van der Waals surface area contributed by atoms with Gasteiger partial charge in [0.2, 0.25) is 17.4 Å². The van der Waals surface area contributed by atoms with Crippen LogP contribution in [0, 0.1) is 11.2 Å². The second-order valence-electron chi connectivity index (χ2n) is 10.3. The van der Waals surface area contributed by atoms with Crippen molar-refractivity contribution in [2.24, 2.45) is 5.41 Å². The van der Waals surface area contributed by atoms with Crippen LogP contribution in [0.1, 0.15) is 32.3 Å². The summed E-state index contributed by atoms with van der Waals surface area (Å²) in [5.74, 6) is -2.10. The Kier molecular flexibility index (Phi) is 4.02. The van der Waals surface area contributed by atoms with Gasteiger partial charge in [-0.1, -0.05) is 5.16 Å². The number of morpholine rings is 1. The zero-order valence-corrected chi connectivity index (χ0v) is 19.4. The van der Waals surface area contributed by atoms with Crippen LogP contribution in [0.3, 0.4) is 0 Å². The van der Waals surface area contributed by atoms with Crippen molar-refractivity contribution in [3.8, 4) is 0 Å². The highest BCUT2D eigenvalue weighted by molar-refractivity contribution is 6.20. The molecule has 0 bridgehead atoms. The van der Waals surface area contributed by atoms with E-state index >= 15 is 4.39 Å². The van der Waals surface area contributed by atoms with Gasteiger partial charge in [-0.25, -0.2) is 18.9 Å². The molecule has 12 nitrogen and oxygen atoms in total. The van der Waals surface area contributed by atoms with Crippen LogP contribution in [0.25, 0.3) is 11.0 Å². The molecule has 1 aromatic heterocycles. The third-order valence-corrected chi connectivity index (χ3v) is 8.11. The largest absolute Gasteiger partial charge is 0.447 e. The zero-order chi connectivity index (χ0) is 25.1. The van der Waals surface area contributed by atoms with Crippen molar-refractivity contribution in [1.82, 2.24) is 15.8 Å². The number of cyclic esters (lactones) is 1. The number of anilines is 2. The molecule has 5 amide bonds. The Morgan fingerprint density at radius 3 is 2.56 bits per heavy atom. The number of nitrogens with one attached hydrogen (secondary N) is 2. The first-order valence-corrected chi connectivity index (χ1v) is 11.8. The molecule has 2 spiro atoms. The van der Waals surface area contributed by atoms with Gasteiger partial charge >= 0.3 is 12.1 Å². The summed E-state index contributed by atoms with van der Waals surface area (Å²) in [6.07, 6.45) is -0.292. The molecule has 2 N–H and O–H groups in total. The monoisotopic (exact) mass is 499 g/mol. The van der Waals surface area contributed by atoms with E-state index in [1.807, 2.05) is 6.92 Å². The van der Waals surface area contributed by atoms with Gasteiger partial charge in [0, 0.05) is 13.0 Å². The van der Waals surface area contributed by atoms with Gasteiger partial charge in [0.05, 0.1) is 34.9 Å². The van der Waals surface area contributed by atoms with Crippen molar-refractivity contribution in [2.75, 3.05) is 23.0 Å². The molecule has 3 saturated heterocycles. The molecule has 0 radical (unpaired) electrons. The fourth-order valence-electron chi connectivity index (χ4n) is 6.44. The van der Waals surface area contributed by atoms with E-state index < -0.39 is 52.9 Å². The zero-order valence-electron chi connectivity index (χ0n) is 19.4. The number of nitrogens with zero attached hydrogens (tertiary/aromatic N) is 3. The predicted octanol–water partition coefficient (Wildman–Crippen LogP) is 1.35. The molecular weight excluding hydrogens is 477 g/mol. The molecule has 2 aromatic rings. The molecule has 3 atom stereocenters. The van der Waals surface area contributed by atoms with Crippen LogP contribution in [0.4, 0.5) is 25.5 Å². The first-order chi connectivity index (χ1) is 17.2. The first-order valence-electron chi connectivity index (χ1n) is 11.8. The molecular formula is C23H22FN5O7. The molecule has 1 saturated carbocycles. The van der Waals surface area contributed by atoms with Crippen LogP contribution < -0.4 is 20.4 Å². The minimum Gasteiger partial charge on any atom is -0.447 e. The number of carbonyl (C=O) groups is 4. The lowest BCUT2D eigenvalue weighted by Crippen LogP contribution is -2.75. The smallest absolute Gasteiger partial charge is 0.416 e. The minimum absolute atomic E-state index is 0.131. The highest BCUT2D eigenvalue weighted by atomic mass is 19.1. The van der Waals surface area contributed by atoms with Gasteiger partial charge in [0.25, 0.3) is 0 Å². The second-order valence-corrected chi connectivity index (χ2v) is 10.3. The van der Waals surface area contributed by atoms with Crippen molar-refractivity contribution in [1.29, 1.82) is 0 Å². The van der Waals surface area contributed by atoms with Crippen LogP contribution in [0.15, 0.2) is 10.6 Å². The Morgan fingerprint density at radius 2 is 1.86 bits per heavy atom. The molecule has 5 heterocycles. The van der Waals surface area contributed by atoms with E-state index in [1.165, 1.54) is 4.90 Å². The van der Waals surface area contributed by atoms with Gasteiger partial charge in [-0.15, -0.1) is 0 Å². The Labute approximate surface area is 203 Å². The summed E-state index contributed by atoms with van der Waals surface area (Å²) in [5.41, 5.74) is -1.85. The molecule has 1 aromatic carbocycles. The first kappa shape index (κ1) is 21.5. The number of fused-ring (bicyclic) bond motifs is 5. The topological polar surface area (TPSA) is 143 Å². The number of amides is 5. The van der Waals surface area contributed by atoms with Crippen LogP contribution in [-0.4, -0.2) is 66.0 Å². The van der Waals surface area contributed by atoms with Gasteiger partial charge < -0.3 is 18.9 Å². The number of carbonyl (C=O) groups excluding carboxylic acids is 4. The number of halogens is 1. The Bertz CT molecular complexity index is 1380. The highest BCUT2D eigenvalue weighted by Gasteiger charge is 2.64. The molecule has 4 aliphatic heterocycles. The third-order valence-electron chi connectivity index (χ3n) is 8.11. The fraction of sp³-hybridized carbons (Fsp3) is 0.522. The van der Waals surface area contributed by atoms with E-state index in [2.05, 4.69) is 15.8 Å². The molecule has 7 rings (SSSR count). The van der Waals surface area contributed by atoms with E-state index in [1.54, 1.807) is 17.9 Å². The number of hydrogen-bond acceptors (Lipinski definition) is 9. The molecule has 188 valence electrons. The third kappa shape index (κ3) is 2.53. The van der Waals surface area contributed by atoms with Crippen LogP contribution in [0.2, 0.25) is 0 Å². The summed E-state index contributed by atoms with van der Waals surface area (Å²) in [7, 11) is 0. The summed E-state index contributed by atoms with van der Waals surface area (Å²) in [5, 5.41) is 8.69. The quantitative estimate of drug-likeness (QED) is 0.556. The average molecular weight is 499 g/mol. The molecule has 36 heavy (non-hydrogen) atoms. The maximum atomic E-state index is 16.2. The molecule has 0 unspecified atom stereocenters. The van der Waals surface area contributed by atoms with Crippen LogP contribution in [0.5, 0.6) is 0 Å². The molecule has 5 aliphatic rings.